The van der Waals surface area contributed by atoms with E-state index >= 15 is 0 Å². The van der Waals surface area contributed by atoms with Crippen LogP contribution in [-0.4, -0.2) is 28.6 Å². The van der Waals surface area contributed by atoms with Gasteiger partial charge in [0.15, 0.2) is 0 Å². The van der Waals surface area contributed by atoms with Gasteiger partial charge in [0.25, 0.3) is 0 Å². The van der Waals surface area contributed by atoms with Crippen molar-refractivity contribution in [2.45, 2.75) is 19.1 Å². The monoisotopic (exact) mass is 284 g/mol. The van der Waals surface area contributed by atoms with Gasteiger partial charge in [0.05, 0.1) is 0 Å². The lowest BCUT2D eigenvalue weighted by Gasteiger charge is -2.24. The van der Waals surface area contributed by atoms with Crippen LogP contribution in [0.2, 0.25) is 0 Å². The Morgan fingerprint density at radius 2 is 1.38 bits per heavy atom. The van der Waals surface area contributed by atoms with Gasteiger partial charge in [-0.05, 0) is 11.1 Å². The Balaban J connectivity index is 2.08. The van der Waals surface area contributed by atoms with Crippen LogP contribution in [0.4, 0.5) is 0 Å². The van der Waals surface area contributed by atoms with E-state index in [2.05, 4.69) is 4.90 Å². The molecule has 3 N–H and O–H groups in total. The maximum absolute atomic E-state index is 11.0. The number of carbonyl (C=O) groups is 1. The van der Waals surface area contributed by atoms with Crippen molar-refractivity contribution in [1.82, 2.24) is 4.90 Å². The number of hydrogen-bond donors (Lipinski definition) is 2. The molecule has 1 atom stereocenters. The van der Waals surface area contributed by atoms with Gasteiger partial charge >= 0.3 is 5.97 Å². The van der Waals surface area contributed by atoms with Crippen LogP contribution < -0.4 is 5.73 Å². The zero-order valence-electron chi connectivity index (χ0n) is 11.9. The minimum Gasteiger partial charge on any atom is -0.480 e. The number of rotatable bonds is 7. The number of carboxylic acid groups (broad SMARTS) is 1. The van der Waals surface area contributed by atoms with Crippen LogP contribution in [0.3, 0.4) is 0 Å². The Labute approximate surface area is 124 Å². The Kier molecular flexibility index (Phi) is 5.49. The molecule has 0 unspecified atom stereocenters. The summed E-state index contributed by atoms with van der Waals surface area (Å²) in [7, 11) is 0. The lowest BCUT2D eigenvalue weighted by Crippen LogP contribution is -2.42. The molecule has 0 spiro atoms. The van der Waals surface area contributed by atoms with Crippen molar-refractivity contribution in [2.24, 2.45) is 5.73 Å². The number of nitrogens with zero attached hydrogens (tertiary/aromatic N) is 1. The number of benzene rings is 2. The standard InChI is InChI=1S/C17H20N2O2/c18-16(17(20)21)13-19(11-14-7-3-1-4-8-14)12-15-9-5-2-6-10-15/h1-10,16H,11-13,18H2,(H,20,21)/t16-/m0/s1. The molecule has 0 radical (unpaired) electrons. The highest BCUT2D eigenvalue weighted by Crippen LogP contribution is 2.10. The fraction of sp³-hybridized carbons (Fsp3) is 0.235. The molecule has 0 aromatic heterocycles. The summed E-state index contributed by atoms with van der Waals surface area (Å²) < 4.78 is 0. The first-order chi connectivity index (χ1) is 10.1. The van der Waals surface area contributed by atoms with E-state index < -0.39 is 12.0 Å². The summed E-state index contributed by atoms with van der Waals surface area (Å²) in [5.74, 6) is -0.971. The predicted octanol–water partition coefficient (Wildman–Crippen LogP) is 2.10. The van der Waals surface area contributed by atoms with Crippen LogP contribution >= 0.6 is 0 Å². The molecule has 0 aliphatic heterocycles. The second-order valence-electron chi connectivity index (χ2n) is 5.09. The molecule has 0 saturated carbocycles. The lowest BCUT2D eigenvalue weighted by atomic mass is 10.1. The summed E-state index contributed by atoms with van der Waals surface area (Å²) in [6.45, 7) is 1.67. The highest BCUT2D eigenvalue weighted by molar-refractivity contribution is 5.73. The smallest absolute Gasteiger partial charge is 0.321 e. The Hall–Kier alpha value is -2.17. The molecule has 4 nitrogen and oxygen atoms in total. The average molecular weight is 284 g/mol. The van der Waals surface area contributed by atoms with Crippen LogP contribution in [0, 0.1) is 0 Å². The summed E-state index contributed by atoms with van der Waals surface area (Å²) in [4.78, 5) is 13.0. The molecule has 0 saturated heterocycles. The van der Waals surface area contributed by atoms with Crippen molar-refractivity contribution in [2.75, 3.05) is 6.54 Å². The van der Waals surface area contributed by atoms with Gasteiger partial charge in [-0.2, -0.15) is 0 Å². The van der Waals surface area contributed by atoms with Crippen LogP contribution in [0.15, 0.2) is 60.7 Å². The number of nitrogens with two attached hydrogens (primary N) is 1. The van der Waals surface area contributed by atoms with E-state index in [0.29, 0.717) is 19.6 Å². The zero-order valence-corrected chi connectivity index (χ0v) is 11.9. The molecule has 2 aromatic carbocycles. The van der Waals surface area contributed by atoms with Crippen LogP contribution in [-0.2, 0) is 17.9 Å². The molecule has 2 rings (SSSR count). The van der Waals surface area contributed by atoms with Crippen molar-refractivity contribution in [1.29, 1.82) is 0 Å². The van der Waals surface area contributed by atoms with Crippen LogP contribution in [0.25, 0.3) is 0 Å². The summed E-state index contributed by atoms with van der Waals surface area (Å²) in [6.07, 6.45) is 0. The molecular weight excluding hydrogens is 264 g/mol. The number of hydrogen-bond acceptors (Lipinski definition) is 3. The van der Waals surface area contributed by atoms with E-state index in [9.17, 15) is 4.79 Å². The first kappa shape index (κ1) is 15.2. The molecule has 4 heteroatoms. The summed E-state index contributed by atoms with van der Waals surface area (Å²) in [5, 5.41) is 9.01. The van der Waals surface area contributed by atoms with Crippen molar-refractivity contribution in [3.05, 3.63) is 71.8 Å². The van der Waals surface area contributed by atoms with Gasteiger partial charge in [-0.1, -0.05) is 60.7 Å². The minimum atomic E-state index is -0.971. The van der Waals surface area contributed by atoms with Gasteiger partial charge in [-0.25, -0.2) is 0 Å². The fourth-order valence-electron chi connectivity index (χ4n) is 2.22. The van der Waals surface area contributed by atoms with E-state index in [1.165, 1.54) is 0 Å². The van der Waals surface area contributed by atoms with E-state index in [0.717, 1.165) is 11.1 Å². The van der Waals surface area contributed by atoms with Gasteiger partial charge in [0.2, 0.25) is 0 Å². The molecule has 0 amide bonds. The third kappa shape index (κ3) is 5.02. The van der Waals surface area contributed by atoms with Crippen molar-refractivity contribution >= 4 is 5.97 Å². The van der Waals surface area contributed by atoms with Gasteiger partial charge < -0.3 is 10.8 Å². The second-order valence-corrected chi connectivity index (χ2v) is 5.09. The quantitative estimate of drug-likeness (QED) is 0.817. The fourth-order valence-corrected chi connectivity index (χ4v) is 2.22. The van der Waals surface area contributed by atoms with Crippen molar-refractivity contribution in [3.8, 4) is 0 Å². The van der Waals surface area contributed by atoms with Crippen LogP contribution in [0.1, 0.15) is 11.1 Å². The highest BCUT2D eigenvalue weighted by Gasteiger charge is 2.17. The first-order valence-corrected chi connectivity index (χ1v) is 6.94. The topological polar surface area (TPSA) is 66.6 Å². The molecule has 0 aliphatic carbocycles. The highest BCUT2D eigenvalue weighted by atomic mass is 16.4. The molecule has 0 aliphatic rings. The van der Waals surface area contributed by atoms with E-state index in [1.54, 1.807) is 0 Å². The Morgan fingerprint density at radius 1 is 0.952 bits per heavy atom. The number of aliphatic carboxylic acids is 1. The molecule has 0 bridgehead atoms. The van der Waals surface area contributed by atoms with Gasteiger partial charge in [0.1, 0.15) is 6.04 Å². The van der Waals surface area contributed by atoms with Gasteiger partial charge in [0, 0.05) is 19.6 Å². The van der Waals surface area contributed by atoms with Crippen LogP contribution in [0.5, 0.6) is 0 Å². The largest absolute Gasteiger partial charge is 0.480 e. The molecule has 2 aromatic rings. The molecule has 21 heavy (non-hydrogen) atoms. The normalized spacial score (nSPS) is 12.3. The van der Waals surface area contributed by atoms with Gasteiger partial charge in [-0.3, -0.25) is 9.69 Å². The maximum atomic E-state index is 11.0. The lowest BCUT2D eigenvalue weighted by molar-refractivity contribution is -0.139. The summed E-state index contributed by atoms with van der Waals surface area (Å²) in [5.41, 5.74) is 7.97. The zero-order chi connectivity index (χ0) is 15.1. The molecule has 0 fully saturated rings. The molecular formula is C17H20N2O2. The Morgan fingerprint density at radius 3 is 1.76 bits per heavy atom. The SMILES string of the molecule is N[C@@H](CN(Cc1ccccc1)Cc1ccccc1)C(=O)O. The summed E-state index contributed by atoms with van der Waals surface area (Å²) >= 11 is 0. The predicted molar refractivity (Wildman–Crippen MR) is 82.6 cm³/mol. The van der Waals surface area contributed by atoms with E-state index in [4.69, 9.17) is 10.8 Å². The van der Waals surface area contributed by atoms with E-state index in [-0.39, 0.29) is 0 Å². The first-order valence-electron chi connectivity index (χ1n) is 6.94. The minimum absolute atomic E-state index is 0.319. The molecule has 0 heterocycles. The second kappa shape index (κ2) is 7.57. The Bertz CT molecular complexity index is 516. The third-order valence-corrected chi connectivity index (χ3v) is 3.27. The number of carboxylic acids is 1. The van der Waals surface area contributed by atoms with Crippen molar-refractivity contribution < 1.29 is 9.90 Å². The average Bonchev–Trinajstić information content (AvgIpc) is 2.49. The summed E-state index contributed by atoms with van der Waals surface area (Å²) in [6, 6.07) is 19.1. The molecule has 110 valence electrons. The van der Waals surface area contributed by atoms with Gasteiger partial charge in [-0.15, -0.1) is 0 Å². The third-order valence-electron chi connectivity index (χ3n) is 3.27. The van der Waals surface area contributed by atoms with Crippen molar-refractivity contribution in [3.63, 3.8) is 0 Å². The van der Waals surface area contributed by atoms with E-state index in [1.807, 2.05) is 60.7 Å². The maximum Gasteiger partial charge on any atom is 0.321 e.